The molecule has 0 spiro atoms. The van der Waals surface area contributed by atoms with Crippen LogP contribution >= 0.6 is 0 Å². The number of rotatable bonds is 1. The Kier molecular flexibility index (Phi) is 3.21. The smallest absolute Gasteiger partial charge is 0.0549 e. The van der Waals surface area contributed by atoms with E-state index in [0.29, 0.717) is 5.92 Å². The molecule has 2 aromatic heterocycles. The van der Waals surface area contributed by atoms with E-state index in [-0.39, 0.29) is 0 Å². The summed E-state index contributed by atoms with van der Waals surface area (Å²) in [4.78, 5) is 3.73. The zero-order valence-corrected chi connectivity index (χ0v) is 18.4. The minimum Gasteiger partial charge on any atom is -0.354 e. The molecule has 2 heteroatoms. The van der Waals surface area contributed by atoms with Gasteiger partial charge >= 0.3 is 0 Å². The highest BCUT2D eigenvalue weighted by atomic mass is 15.0. The summed E-state index contributed by atoms with van der Waals surface area (Å²) in [5, 5.41) is 8.19. The van der Waals surface area contributed by atoms with Crippen LogP contribution in [-0.2, 0) is 0 Å². The summed E-state index contributed by atoms with van der Waals surface area (Å²) in [5.74, 6) is 0.473. The average Bonchev–Trinajstić information content (AvgIpc) is 3.39. The van der Waals surface area contributed by atoms with Gasteiger partial charge in [0.2, 0.25) is 0 Å². The molecule has 0 aliphatic heterocycles. The number of aromatic amines is 1. The van der Waals surface area contributed by atoms with Gasteiger partial charge in [0.25, 0.3) is 0 Å². The molecule has 0 amide bonds. The van der Waals surface area contributed by atoms with E-state index in [1.54, 1.807) is 0 Å². The molecule has 0 saturated carbocycles. The van der Waals surface area contributed by atoms with E-state index in [0.717, 1.165) is 6.42 Å². The van der Waals surface area contributed by atoms with E-state index in [1.165, 1.54) is 71.2 Å². The Morgan fingerprint density at radius 3 is 2.39 bits per heavy atom. The minimum atomic E-state index is 0.473. The molecule has 33 heavy (non-hydrogen) atoms. The average molecular weight is 423 g/mol. The molecule has 1 aliphatic carbocycles. The lowest BCUT2D eigenvalue weighted by Crippen LogP contribution is -2.01. The van der Waals surface area contributed by atoms with Crippen LogP contribution in [-0.4, -0.2) is 9.55 Å². The van der Waals surface area contributed by atoms with Crippen LogP contribution in [0.15, 0.2) is 84.9 Å². The van der Waals surface area contributed by atoms with Gasteiger partial charge in [0, 0.05) is 38.3 Å². The maximum atomic E-state index is 3.73. The molecule has 0 fully saturated rings. The van der Waals surface area contributed by atoms with Gasteiger partial charge in [-0.05, 0) is 70.6 Å². The highest BCUT2D eigenvalue weighted by molar-refractivity contribution is 6.35. The first kappa shape index (κ1) is 17.5. The van der Waals surface area contributed by atoms with E-state index in [2.05, 4.69) is 107 Å². The van der Waals surface area contributed by atoms with Crippen molar-refractivity contribution in [3.8, 4) is 5.69 Å². The second kappa shape index (κ2) is 6.05. The number of allylic oxidation sites excluding steroid dienone is 1. The Morgan fingerprint density at radius 1 is 0.697 bits per heavy atom. The van der Waals surface area contributed by atoms with Crippen molar-refractivity contribution in [2.45, 2.75) is 19.3 Å². The molecule has 0 radical (unpaired) electrons. The third kappa shape index (κ3) is 2.09. The van der Waals surface area contributed by atoms with Gasteiger partial charge < -0.3 is 9.55 Å². The topological polar surface area (TPSA) is 20.7 Å². The Labute approximate surface area is 191 Å². The molecule has 7 aromatic rings. The van der Waals surface area contributed by atoms with Gasteiger partial charge in [-0.15, -0.1) is 0 Å². The molecule has 1 atom stereocenters. The predicted octanol–water partition coefficient (Wildman–Crippen LogP) is 8.53. The summed E-state index contributed by atoms with van der Waals surface area (Å²) < 4.78 is 2.45. The van der Waals surface area contributed by atoms with Crippen molar-refractivity contribution < 1.29 is 0 Å². The van der Waals surface area contributed by atoms with Crippen molar-refractivity contribution in [3.05, 3.63) is 96.1 Å². The maximum Gasteiger partial charge on any atom is 0.0549 e. The van der Waals surface area contributed by atoms with E-state index >= 15 is 0 Å². The molecule has 5 aromatic carbocycles. The molecule has 1 unspecified atom stereocenters. The summed E-state index contributed by atoms with van der Waals surface area (Å²) in [7, 11) is 0. The third-order valence-electron chi connectivity index (χ3n) is 7.69. The van der Waals surface area contributed by atoms with Gasteiger partial charge in [0.05, 0.1) is 11.0 Å². The number of aromatic nitrogens is 2. The first-order valence-electron chi connectivity index (χ1n) is 11.8. The molecule has 8 rings (SSSR count). The quantitative estimate of drug-likeness (QED) is 0.274. The summed E-state index contributed by atoms with van der Waals surface area (Å²) >= 11 is 0. The maximum absolute atomic E-state index is 3.73. The van der Waals surface area contributed by atoms with Gasteiger partial charge in [-0.1, -0.05) is 61.5 Å². The highest BCUT2D eigenvalue weighted by Crippen LogP contribution is 2.47. The minimum absolute atomic E-state index is 0.473. The summed E-state index contributed by atoms with van der Waals surface area (Å²) in [6, 6.07) is 28.9. The van der Waals surface area contributed by atoms with Crippen LogP contribution in [0.4, 0.5) is 0 Å². The van der Waals surface area contributed by atoms with E-state index in [9.17, 15) is 0 Å². The van der Waals surface area contributed by atoms with Crippen LogP contribution in [0.2, 0.25) is 0 Å². The van der Waals surface area contributed by atoms with Crippen LogP contribution in [0, 0.1) is 0 Å². The van der Waals surface area contributed by atoms with Gasteiger partial charge in [-0.2, -0.15) is 0 Å². The molecule has 2 heterocycles. The fourth-order valence-electron chi connectivity index (χ4n) is 6.40. The van der Waals surface area contributed by atoms with Gasteiger partial charge in [-0.3, -0.25) is 0 Å². The number of nitrogens with one attached hydrogen (secondary N) is 1. The Morgan fingerprint density at radius 2 is 1.48 bits per heavy atom. The van der Waals surface area contributed by atoms with Gasteiger partial charge in [0.1, 0.15) is 0 Å². The molecular formula is C31H22N2. The van der Waals surface area contributed by atoms with Crippen LogP contribution in [0.25, 0.3) is 66.1 Å². The summed E-state index contributed by atoms with van der Waals surface area (Å²) in [6.07, 6.45) is 5.80. The molecule has 0 bridgehead atoms. The van der Waals surface area contributed by atoms with Crippen molar-refractivity contribution in [3.63, 3.8) is 0 Å². The summed E-state index contributed by atoms with van der Waals surface area (Å²) in [6.45, 7) is 2.38. The highest BCUT2D eigenvalue weighted by Gasteiger charge is 2.25. The standard InChI is InChI=1S/C31H22N2/c1-18-8-5-11-20-21-12-6-14-23-28(21)30-24(32-23)16-17-26-31(30)29-22(27(18)20)13-7-15-25(29)33(26)19-9-3-2-4-10-19/h2-7,9-18,32H,8H2,1H3. The number of benzene rings is 4. The van der Waals surface area contributed by atoms with Crippen molar-refractivity contribution in [2.24, 2.45) is 0 Å². The van der Waals surface area contributed by atoms with Crippen LogP contribution in [0.5, 0.6) is 0 Å². The first-order chi connectivity index (χ1) is 16.3. The molecule has 0 saturated heterocycles. The lowest BCUT2D eigenvalue weighted by molar-refractivity contribution is 0.781. The number of para-hydroxylation sites is 1. The zero-order chi connectivity index (χ0) is 21.7. The summed E-state index contributed by atoms with van der Waals surface area (Å²) in [5.41, 5.74) is 9.05. The molecular weight excluding hydrogens is 400 g/mol. The van der Waals surface area contributed by atoms with Gasteiger partial charge in [-0.25, -0.2) is 0 Å². The fourth-order valence-corrected chi connectivity index (χ4v) is 6.40. The van der Waals surface area contributed by atoms with E-state index < -0.39 is 0 Å². The normalized spacial score (nSPS) is 16.1. The van der Waals surface area contributed by atoms with Crippen LogP contribution in [0.3, 0.4) is 0 Å². The van der Waals surface area contributed by atoms with Crippen molar-refractivity contribution in [2.75, 3.05) is 0 Å². The van der Waals surface area contributed by atoms with Crippen LogP contribution < -0.4 is 0 Å². The lowest BCUT2D eigenvalue weighted by Gasteiger charge is -2.21. The number of H-pyrrole nitrogens is 1. The molecule has 2 nitrogen and oxygen atoms in total. The molecule has 1 aliphatic rings. The third-order valence-corrected chi connectivity index (χ3v) is 7.69. The second-order valence-corrected chi connectivity index (χ2v) is 9.47. The van der Waals surface area contributed by atoms with Gasteiger partial charge in [0.15, 0.2) is 0 Å². The van der Waals surface area contributed by atoms with Crippen LogP contribution in [0.1, 0.15) is 30.4 Å². The lowest BCUT2D eigenvalue weighted by atomic mass is 9.83. The van der Waals surface area contributed by atoms with Crippen molar-refractivity contribution >= 4 is 60.5 Å². The van der Waals surface area contributed by atoms with E-state index in [4.69, 9.17) is 0 Å². The Balaban J connectivity index is 1.79. The number of hydrogen-bond acceptors (Lipinski definition) is 0. The van der Waals surface area contributed by atoms with Crippen molar-refractivity contribution in [1.82, 2.24) is 9.55 Å². The second-order valence-electron chi connectivity index (χ2n) is 9.47. The van der Waals surface area contributed by atoms with E-state index in [1.807, 2.05) is 0 Å². The zero-order valence-electron chi connectivity index (χ0n) is 18.4. The first-order valence-corrected chi connectivity index (χ1v) is 11.8. The fraction of sp³-hybridized carbons (Fsp3) is 0.0968. The van der Waals surface area contributed by atoms with Crippen molar-refractivity contribution in [1.29, 1.82) is 0 Å². The largest absolute Gasteiger partial charge is 0.354 e. The Bertz CT molecular complexity index is 1900. The number of hydrogen-bond donors (Lipinski definition) is 1. The predicted molar refractivity (Wildman–Crippen MR) is 141 cm³/mol. The molecule has 156 valence electrons. The molecule has 1 N–H and O–H groups in total. The number of fused-ring (bicyclic) bond motifs is 3. The SMILES string of the molecule is CC1CC=Cc2c1c1cccc3c1c1c4c(ccc1n3-c1ccccc1)[nH]c1cccc2c14. The Hall–Kier alpha value is -4.04. The number of nitrogens with zero attached hydrogens (tertiary/aromatic N) is 1. The monoisotopic (exact) mass is 422 g/mol.